The van der Waals surface area contributed by atoms with Gasteiger partial charge in [0.05, 0.1) is 6.33 Å². The zero-order chi connectivity index (χ0) is 11.1. The Morgan fingerprint density at radius 1 is 1.13 bits per heavy atom. The standard InChI is InChI=1S/C13H24N2/c1-4-7-9-13(6-3,8-5-2)15-11-10-14-12-15/h10-12H,4-9H2,1-3H3. The first-order valence-electron chi connectivity index (χ1n) is 6.27. The highest BCUT2D eigenvalue weighted by atomic mass is 15.1. The monoisotopic (exact) mass is 208 g/mol. The third-order valence-corrected chi connectivity index (χ3v) is 3.42. The lowest BCUT2D eigenvalue weighted by Gasteiger charge is -2.34. The maximum atomic E-state index is 4.19. The molecule has 0 radical (unpaired) electrons. The minimum Gasteiger partial charge on any atom is -0.331 e. The average molecular weight is 208 g/mol. The van der Waals surface area contributed by atoms with E-state index in [0.717, 1.165) is 0 Å². The zero-order valence-electron chi connectivity index (χ0n) is 10.4. The Balaban J connectivity index is 2.82. The van der Waals surface area contributed by atoms with E-state index in [1.54, 1.807) is 0 Å². The van der Waals surface area contributed by atoms with Crippen molar-refractivity contribution < 1.29 is 0 Å². The molecule has 0 aliphatic carbocycles. The van der Waals surface area contributed by atoms with Crippen molar-refractivity contribution in [3.63, 3.8) is 0 Å². The van der Waals surface area contributed by atoms with Gasteiger partial charge in [-0.1, -0.05) is 40.0 Å². The molecule has 15 heavy (non-hydrogen) atoms. The molecule has 0 bridgehead atoms. The van der Waals surface area contributed by atoms with Gasteiger partial charge in [0.2, 0.25) is 0 Å². The maximum Gasteiger partial charge on any atom is 0.0951 e. The third kappa shape index (κ3) is 2.83. The van der Waals surface area contributed by atoms with Crippen molar-refractivity contribution in [1.82, 2.24) is 9.55 Å². The van der Waals surface area contributed by atoms with E-state index in [1.807, 2.05) is 12.5 Å². The van der Waals surface area contributed by atoms with Crippen molar-refractivity contribution >= 4 is 0 Å². The molecule has 86 valence electrons. The van der Waals surface area contributed by atoms with Gasteiger partial charge in [-0.3, -0.25) is 0 Å². The first-order chi connectivity index (χ1) is 7.29. The van der Waals surface area contributed by atoms with Gasteiger partial charge in [-0.15, -0.1) is 0 Å². The van der Waals surface area contributed by atoms with Gasteiger partial charge < -0.3 is 4.57 Å². The quantitative estimate of drug-likeness (QED) is 0.662. The zero-order valence-corrected chi connectivity index (χ0v) is 10.4. The molecule has 0 saturated carbocycles. The molecule has 1 aromatic heterocycles. The molecule has 1 atom stereocenters. The molecule has 0 spiro atoms. The second-order valence-corrected chi connectivity index (χ2v) is 4.40. The molecule has 0 N–H and O–H groups in total. The second-order valence-electron chi connectivity index (χ2n) is 4.40. The van der Waals surface area contributed by atoms with Crippen LogP contribution in [0, 0.1) is 0 Å². The van der Waals surface area contributed by atoms with Crippen LogP contribution >= 0.6 is 0 Å². The summed E-state index contributed by atoms with van der Waals surface area (Å²) in [5, 5.41) is 0. The summed E-state index contributed by atoms with van der Waals surface area (Å²) < 4.78 is 2.33. The van der Waals surface area contributed by atoms with Crippen LogP contribution in [0.1, 0.15) is 59.3 Å². The number of hydrogen-bond donors (Lipinski definition) is 0. The molecule has 1 unspecified atom stereocenters. The van der Waals surface area contributed by atoms with Gasteiger partial charge in [-0.2, -0.15) is 0 Å². The average Bonchev–Trinajstić information content (AvgIpc) is 2.78. The predicted molar refractivity (Wildman–Crippen MR) is 64.9 cm³/mol. The molecule has 0 aliphatic heterocycles. The Hall–Kier alpha value is -0.790. The predicted octanol–water partition coefficient (Wildman–Crippen LogP) is 3.98. The first kappa shape index (κ1) is 12.3. The smallest absolute Gasteiger partial charge is 0.0951 e. The van der Waals surface area contributed by atoms with Crippen LogP contribution in [-0.4, -0.2) is 9.55 Å². The SMILES string of the molecule is CCCCC(CC)(CCC)n1ccnc1. The van der Waals surface area contributed by atoms with Crippen LogP contribution in [0.2, 0.25) is 0 Å². The van der Waals surface area contributed by atoms with Crippen LogP contribution in [0.15, 0.2) is 18.7 Å². The summed E-state index contributed by atoms with van der Waals surface area (Å²) in [6.45, 7) is 6.83. The van der Waals surface area contributed by atoms with Gasteiger partial charge in [0.1, 0.15) is 0 Å². The van der Waals surface area contributed by atoms with Crippen molar-refractivity contribution in [2.24, 2.45) is 0 Å². The molecule has 0 aliphatic rings. The number of unbranched alkanes of at least 4 members (excludes halogenated alkanes) is 1. The number of rotatable bonds is 7. The topological polar surface area (TPSA) is 17.8 Å². The van der Waals surface area contributed by atoms with E-state index in [4.69, 9.17) is 0 Å². The van der Waals surface area contributed by atoms with Crippen molar-refractivity contribution in [1.29, 1.82) is 0 Å². The van der Waals surface area contributed by atoms with Crippen LogP contribution in [0.25, 0.3) is 0 Å². The molecule has 0 amide bonds. The van der Waals surface area contributed by atoms with E-state index in [-0.39, 0.29) is 0 Å². The first-order valence-corrected chi connectivity index (χ1v) is 6.27. The minimum atomic E-state index is 0.321. The molecular weight excluding hydrogens is 184 g/mol. The highest BCUT2D eigenvalue weighted by molar-refractivity contribution is 4.91. The third-order valence-electron chi connectivity index (χ3n) is 3.42. The Labute approximate surface area is 93.7 Å². The van der Waals surface area contributed by atoms with Gasteiger partial charge in [0.25, 0.3) is 0 Å². The number of aromatic nitrogens is 2. The van der Waals surface area contributed by atoms with Crippen LogP contribution < -0.4 is 0 Å². The van der Waals surface area contributed by atoms with Crippen LogP contribution in [0.5, 0.6) is 0 Å². The summed E-state index contributed by atoms with van der Waals surface area (Å²) >= 11 is 0. The Morgan fingerprint density at radius 2 is 1.93 bits per heavy atom. The van der Waals surface area contributed by atoms with Gasteiger partial charge >= 0.3 is 0 Å². The Morgan fingerprint density at radius 3 is 2.40 bits per heavy atom. The summed E-state index contributed by atoms with van der Waals surface area (Å²) in [4.78, 5) is 4.19. The minimum absolute atomic E-state index is 0.321. The largest absolute Gasteiger partial charge is 0.331 e. The summed E-state index contributed by atoms with van der Waals surface area (Å²) in [7, 11) is 0. The van der Waals surface area contributed by atoms with Gasteiger partial charge in [-0.05, 0) is 19.3 Å². The second kappa shape index (κ2) is 5.94. The van der Waals surface area contributed by atoms with Gasteiger partial charge in [-0.25, -0.2) is 4.98 Å². The van der Waals surface area contributed by atoms with Crippen molar-refractivity contribution in [2.45, 2.75) is 64.8 Å². The van der Waals surface area contributed by atoms with E-state index >= 15 is 0 Å². The number of hydrogen-bond acceptors (Lipinski definition) is 1. The number of nitrogens with zero attached hydrogens (tertiary/aromatic N) is 2. The van der Waals surface area contributed by atoms with Crippen LogP contribution in [-0.2, 0) is 5.54 Å². The highest BCUT2D eigenvalue weighted by Crippen LogP contribution is 2.32. The molecule has 0 aromatic carbocycles. The van der Waals surface area contributed by atoms with E-state index in [1.165, 1.54) is 38.5 Å². The molecule has 1 rings (SSSR count). The van der Waals surface area contributed by atoms with Crippen molar-refractivity contribution in [2.75, 3.05) is 0 Å². The molecule has 0 fully saturated rings. The van der Waals surface area contributed by atoms with Crippen LogP contribution in [0.4, 0.5) is 0 Å². The van der Waals surface area contributed by atoms with E-state index < -0.39 is 0 Å². The Bertz CT molecular complexity index is 254. The van der Waals surface area contributed by atoms with Crippen molar-refractivity contribution in [3.8, 4) is 0 Å². The maximum absolute atomic E-state index is 4.19. The van der Waals surface area contributed by atoms with E-state index in [2.05, 4.69) is 36.5 Å². The molecular formula is C13H24N2. The molecule has 2 heteroatoms. The summed E-state index contributed by atoms with van der Waals surface area (Å²) in [5.74, 6) is 0. The van der Waals surface area contributed by atoms with E-state index in [9.17, 15) is 0 Å². The molecule has 0 saturated heterocycles. The lowest BCUT2D eigenvalue weighted by molar-refractivity contribution is 0.221. The lowest BCUT2D eigenvalue weighted by atomic mass is 9.85. The molecule has 2 nitrogen and oxygen atoms in total. The normalized spacial score (nSPS) is 15.1. The van der Waals surface area contributed by atoms with Crippen LogP contribution in [0.3, 0.4) is 0 Å². The highest BCUT2D eigenvalue weighted by Gasteiger charge is 2.27. The summed E-state index contributed by atoms with van der Waals surface area (Å²) in [5.41, 5.74) is 0.321. The fraction of sp³-hybridized carbons (Fsp3) is 0.769. The Kier molecular flexibility index (Phi) is 4.86. The number of imidazole rings is 1. The molecule has 1 aromatic rings. The molecule has 1 heterocycles. The fourth-order valence-electron chi connectivity index (χ4n) is 2.43. The summed E-state index contributed by atoms with van der Waals surface area (Å²) in [6.07, 6.45) is 13.6. The lowest BCUT2D eigenvalue weighted by Crippen LogP contribution is -2.31. The van der Waals surface area contributed by atoms with Gasteiger partial charge in [0.15, 0.2) is 0 Å². The van der Waals surface area contributed by atoms with Gasteiger partial charge in [0, 0.05) is 17.9 Å². The van der Waals surface area contributed by atoms with Crippen molar-refractivity contribution in [3.05, 3.63) is 18.7 Å². The fourth-order valence-corrected chi connectivity index (χ4v) is 2.43. The summed E-state index contributed by atoms with van der Waals surface area (Å²) in [6, 6.07) is 0. The van der Waals surface area contributed by atoms with E-state index in [0.29, 0.717) is 5.54 Å².